The van der Waals surface area contributed by atoms with Gasteiger partial charge in [0.15, 0.2) is 0 Å². The van der Waals surface area contributed by atoms with Crippen molar-refractivity contribution >= 4 is 0 Å². The normalized spacial score (nSPS) is 11.6. The summed E-state index contributed by atoms with van der Waals surface area (Å²) in [6.07, 6.45) is -0.975. The van der Waals surface area contributed by atoms with Crippen LogP contribution in [-0.2, 0) is 12.7 Å². The minimum Gasteiger partial charge on any atom is -0.306 e. The van der Waals surface area contributed by atoms with Crippen LogP contribution in [0.15, 0.2) is 35.5 Å². The minimum absolute atomic E-state index is 0.0496. The topological polar surface area (TPSA) is 47.8 Å². The molecule has 2 aromatic heterocycles. The lowest BCUT2D eigenvalue weighted by atomic mass is 10.2. The van der Waals surface area contributed by atoms with E-state index < -0.39 is 17.4 Å². The van der Waals surface area contributed by atoms with Gasteiger partial charge in [0.25, 0.3) is 5.56 Å². The Bertz CT molecular complexity index is 649. The lowest BCUT2D eigenvalue weighted by molar-refractivity contribution is -0.141. The number of halogens is 3. The van der Waals surface area contributed by atoms with E-state index >= 15 is 0 Å². The fourth-order valence-electron chi connectivity index (χ4n) is 1.72. The maximum absolute atomic E-state index is 12.8. The SMILES string of the molecule is Cc1cncc(=O)n1Cc1cccnc1C(F)(F)F. The molecular formula is C12H10F3N3O. The fraction of sp³-hybridized carbons (Fsp3) is 0.250. The Morgan fingerprint density at radius 1 is 1.32 bits per heavy atom. The van der Waals surface area contributed by atoms with Gasteiger partial charge in [0.05, 0.1) is 12.7 Å². The quantitative estimate of drug-likeness (QED) is 0.838. The van der Waals surface area contributed by atoms with Crippen LogP contribution >= 0.6 is 0 Å². The van der Waals surface area contributed by atoms with E-state index in [0.29, 0.717) is 5.69 Å². The molecule has 0 unspecified atom stereocenters. The lowest BCUT2D eigenvalue weighted by Gasteiger charge is -2.13. The second kappa shape index (κ2) is 4.83. The van der Waals surface area contributed by atoms with Gasteiger partial charge in [-0.1, -0.05) is 6.07 Å². The second-order valence-corrected chi connectivity index (χ2v) is 3.98. The van der Waals surface area contributed by atoms with E-state index in [2.05, 4.69) is 9.97 Å². The van der Waals surface area contributed by atoms with Gasteiger partial charge in [0, 0.05) is 23.7 Å². The molecule has 0 aliphatic rings. The maximum Gasteiger partial charge on any atom is 0.433 e. The van der Waals surface area contributed by atoms with E-state index in [0.717, 1.165) is 12.4 Å². The summed E-state index contributed by atoms with van der Waals surface area (Å²) >= 11 is 0. The summed E-state index contributed by atoms with van der Waals surface area (Å²) < 4.78 is 39.6. The lowest BCUT2D eigenvalue weighted by Crippen LogP contribution is -2.24. The molecular weight excluding hydrogens is 259 g/mol. The fourth-order valence-corrected chi connectivity index (χ4v) is 1.72. The van der Waals surface area contributed by atoms with Gasteiger partial charge in [-0.25, -0.2) is 0 Å². The first kappa shape index (κ1) is 13.3. The number of rotatable bonds is 2. The molecule has 2 aromatic rings. The highest BCUT2D eigenvalue weighted by molar-refractivity contribution is 5.23. The van der Waals surface area contributed by atoms with E-state index in [-0.39, 0.29) is 12.1 Å². The van der Waals surface area contributed by atoms with Gasteiger partial charge in [-0.3, -0.25) is 14.8 Å². The average molecular weight is 269 g/mol. The van der Waals surface area contributed by atoms with Crippen molar-refractivity contribution in [1.82, 2.24) is 14.5 Å². The van der Waals surface area contributed by atoms with Crippen molar-refractivity contribution in [2.75, 3.05) is 0 Å². The summed E-state index contributed by atoms with van der Waals surface area (Å²) in [7, 11) is 0. The van der Waals surface area contributed by atoms with Gasteiger partial charge < -0.3 is 4.57 Å². The Kier molecular flexibility index (Phi) is 3.37. The van der Waals surface area contributed by atoms with Crippen LogP contribution in [-0.4, -0.2) is 14.5 Å². The van der Waals surface area contributed by atoms with Crippen molar-refractivity contribution in [2.24, 2.45) is 0 Å². The molecule has 7 heteroatoms. The Labute approximate surface area is 106 Å². The molecule has 0 atom stereocenters. The number of pyridine rings is 1. The number of alkyl halides is 3. The largest absolute Gasteiger partial charge is 0.433 e. The molecule has 4 nitrogen and oxygen atoms in total. The standard InChI is InChI=1S/C12H10F3N3O/c1-8-5-16-6-10(19)18(8)7-9-3-2-4-17-11(9)12(13,14)15/h2-6H,7H2,1H3. The van der Waals surface area contributed by atoms with Gasteiger partial charge >= 0.3 is 6.18 Å². The molecule has 0 saturated heterocycles. The molecule has 19 heavy (non-hydrogen) atoms. The zero-order chi connectivity index (χ0) is 14.0. The monoisotopic (exact) mass is 269 g/mol. The summed E-state index contributed by atoms with van der Waals surface area (Å²) in [5, 5.41) is 0. The van der Waals surface area contributed by atoms with E-state index in [9.17, 15) is 18.0 Å². The zero-order valence-electron chi connectivity index (χ0n) is 9.98. The average Bonchev–Trinajstić information content (AvgIpc) is 2.33. The zero-order valence-corrected chi connectivity index (χ0v) is 9.98. The molecule has 0 aromatic carbocycles. The molecule has 0 bridgehead atoms. The highest BCUT2D eigenvalue weighted by Gasteiger charge is 2.35. The van der Waals surface area contributed by atoms with Crippen LogP contribution in [0.4, 0.5) is 13.2 Å². The summed E-state index contributed by atoms with van der Waals surface area (Å²) in [5.41, 5.74) is -0.981. The van der Waals surface area contributed by atoms with E-state index in [1.165, 1.54) is 22.9 Å². The Morgan fingerprint density at radius 3 is 2.68 bits per heavy atom. The number of hydrogen-bond donors (Lipinski definition) is 0. The molecule has 0 N–H and O–H groups in total. The van der Waals surface area contributed by atoms with Gasteiger partial charge in [-0.05, 0) is 13.0 Å². The predicted octanol–water partition coefficient (Wildman–Crippen LogP) is 2.01. The van der Waals surface area contributed by atoms with E-state index in [1.807, 2.05) is 0 Å². The van der Waals surface area contributed by atoms with Crippen molar-refractivity contribution in [2.45, 2.75) is 19.6 Å². The highest BCUT2D eigenvalue weighted by Crippen LogP contribution is 2.30. The molecule has 0 aliphatic heterocycles. The molecule has 2 heterocycles. The van der Waals surface area contributed by atoms with Crippen LogP contribution in [0.2, 0.25) is 0 Å². The molecule has 100 valence electrons. The summed E-state index contributed by atoms with van der Waals surface area (Å²) in [6.45, 7) is 1.42. The van der Waals surface area contributed by atoms with Crippen molar-refractivity contribution in [3.63, 3.8) is 0 Å². The predicted molar refractivity (Wildman–Crippen MR) is 61.6 cm³/mol. The number of aromatic nitrogens is 3. The first-order valence-electron chi connectivity index (χ1n) is 5.42. The molecule has 0 radical (unpaired) electrons. The number of nitrogens with zero attached hydrogens (tertiary/aromatic N) is 3. The molecule has 0 spiro atoms. The number of hydrogen-bond acceptors (Lipinski definition) is 3. The third kappa shape index (κ3) is 2.81. The van der Waals surface area contributed by atoms with Crippen LogP contribution in [0.3, 0.4) is 0 Å². The van der Waals surface area contributed by atoms with Crippen LogP contribution in [0.1, 0.15) is 17.0 Å². The first-order valence-corrected chi connectivity index (χ1v) is 5.42. The van der Waals surface area contributed by atoms with Gasteiger partial charge in [-0.15, -0.1) is 0 Å². The Morgan fingerprint density at radius 2 is 2.05 bits per heavy atom. The van der Waals surface area contributed by atoms with Gasteiger partial charge in [0.1, 0.15) is 5.69 Å². The van der Waals surface area contributed by atoms with Crippen molar-refractivity contribution in [1.29, 1.82) is 0 Å². The van der Waals surface area contributed by atoms with Crippen LogP contribution in [0, 0.1) is 6.92 Å². The van der Waals surface area contributed by atoms with Gasteiger partial charge in [-0.2, -0.15) is 13.2 Å². The minimum atomic E-state index is -4.54. The number of aryl methyl sites for hydroxylation is 1. The van der Waals surface area contributed by atoms with Gasteiger partial charge in [0.2, 0.25) is 0 Å². The van der Waals surface area contributed by atoms with E-state index in [1.54, 1.807) is 6.92 Å². The third-order valence-electron chi connectivity index (χ3n) is 2.63. The van der Waals surface area contributed by atoms with Crippen LogP contribution in [0.5, 0.6) is 0 Å². The second-order valence-electron chi connectivity index (χ2n) is 3.98. The highest BCUT2D eigenvalue weighted by atomic mass is 19.4. The molecule has 0 saturated carbocycles. The maximum atomic E-state index is 12.8. The molecule has 0 aliphatic carbocycles. The molecule has 0 amide bonds. The summed E-state index contributed by atoms with van der Waals surface area (Å²) in [6, 6.07) is 2.72. The molecule has 0 fully saturated rings. The van der Waals surface area contributed by atoms with Crippen molar-refractivity contribution in [3.05, 3.63) is 58.0 Å². The molecule has 2 rings (SSSR count). The van der Waals surface area contributed by atoms with Crippen molar-refractivity contribution < 1.29 is 13.2 Å². The van der Waals surface area contributed by atoms with E-state index in [4.69, 9.17) is 0 Å². The first-order chi connectivity index (χ1) is 8.89. The smallest absolute Gasteiger partial charge is 0.306 e. The van der Waals surface area contributed by atoms with Crippen molar-refractivity contribution in [3.8, 4) is 0 Å². The third-order valence-corrected chi connectivity index (χ3v) is 2.63. The Hall–Kier alpha value is -2.18. The summed E-state index contributed by atoms with van der Waals surface area (Å²) in [5.74, 6) is 0. The van der Waals surface area contributed by atoms with Crippen LogP contribution in [0.25, 0.3) is 0 Å². The van der Waals surface area contributed by atoms with Crippen LogP contribution < -0.4 is 5.56 Å². The Balaban J connectivity index is 2.48. The summed E-state index contributed by atoms with van der Waals surface area (Å²) in [4.78, 5) is 18.6.